The minimum Gasteiger partial charge on any atom is -0.459 e. The maximum Gasteiger partial charge on any atom is 0.408 e. The first-order valence-electron chi connectivity index (χ1n) is 7.23. The molecular formula is C16H20F3NO4. The predicted octanol–water partition coefficient (Wildman–Crippen LogP) is 3.58. The van der Waals surface area contributed by atoms with Crippen LogP contribution in [0.4, 0.5) is 18.0 Å². The molecule has 0 saturated carbocycles. The number of alkyl halides is 3. The number of benzene rings is 1. The molecule has 1 amide bonds. The number of alkyl carbamates (subject to hydrolysis) is 1. The Labute approximate surface area is 138 Å². The van der Waals surface area contributed by atoms with E-state index in [4.69, 9.17) is 9.47 Å². The van der Waals surface area contributed by atoms with Crippen LogP contribution in [-0.4, -0.2) is 29.9 Å². The summed E-state index contributed by atoms with van der Waals surface area (Å²) < 4.78 is 47.6. The fraction of sp³-hybridized carbons (Fsp3) is 0.500. The first-order valence-corrected chi connectivity index (χ1v) is 7.23. The Balaban J connectivity index is 2.70. The largest absolute Gasteiger partial charge is 0.459 e. The van der Waals surface area contributed by atoms with Gasteiger partial charge in [0.05, 0.1) is 6.42 Å². The van der Waals surface area contributed by atoms with Crippen LogP contribution in [0.25, 0.3) is 0 Å². The summed E-state index contributed by atoms with van der Waals surface area (Å²) in [5.74, 6) is -1.18. The topological polar surface area (TPSA) is 64.6 Å². The van der Waals surface area contributed by atoms with Crippen LogP contribution in [0.5, 0.6) is 0 Å². The van der Waals surface area contributed by atoms with Crippen molar-refractivity contribution in [3.05, 3.63) is 35.9 Å². The first kappa shape index (κ1) is 19.8. The Kier molecular flexibility index (Phi) is 6.62. The molecule has 0 aliphatic carbocycles. The Morgan fingerprint density at radius 2 is 1.71 bits per heavy atom. The Morgan fingerprint density at radius 3 is 2.21 bits per heavy atom. The van der Waals surface area contributed by atoms with Crippen LogP contribution < -0.4 is 5.32 Å². The lowest BCUT2D eigenvalue weighted by molar-refractivity contribution is -0.163. The van der Waals surface area contributed by atoms with E-state index in [1.807, 2.05) is 5.32 Å². The van der Waals surface area contributed by atoms with Gasteiger partial charge in [-0.3, -0.25) is 0 Å². The van der Waals surface area contributed by atoms with Gasteiger partial charge in [0.25, 0.3) is 0 Å². The van der Waals surface area contributed by atoms with E-state index in [1.54, 1.807) is 51.1 Å². The molecule has 0 aliphatic rings. The van der Waals surface area contributed by atoms with E-state index in [0.717, 1.165) is 0 Å². The van der Waals surface area contributed by atoms with E-state index in [0.29, 0.717) is 5.56 Å². The van der Waals surface area contributed by atoms with Crippen molar-refractivity contribution in [2.75, 3.05) is 0 Å². The smallest absolute Gasteiger partial charge is 0.408 e. The lowest BCUT2D eigenvalue weighted by Crippen LogP contribution is -2.46. The summed E-state index contributed by atoms with van der Waals surface area (Å²) in [4.78, 5) is 23.5. The van der Waals surface area contributed by atoms with Gasteiger partial charge in [0.2, 0.25) is 0 Å². The number of carbonyl (C=O) groups excluding carboxylic acids is 2. The van der Waals surface area contributed by atoms with Gasteiger partial charge in [-0.05, 0) is 26.3 Å². The molecule has 0 aliphatic heterocycles. The molecule has 134 valence electrons. The van der Waals surface area contributed by atoms with Crippen molar-refractivity contribution in [3.8, 4) is 0 Å². The van der Waals surface area contributed by atoms with Crippen molar-refractivity contribution >= 4 is 12.1 Å². The van der Waals surface area contributed by atoms with Gasteiger partial charge in [-0.1, -0.05) is 30.3 Å². The van der Waals surface area contributed by atoms with Gasteiger partial charge in [0.1, 0.15) is 18.2 Å². The number of halogens is 3. The predicted molar refractivity (Wildman–Crippen MR) is 80.1 cm³/mol. The average Bonchev–Trinajstić information content (AvgIpc) is 2.41. The first-order chi connectivity index (χ1) is 11.0. The van der Waals surface area contributed by atoms with E-state index in [2.05, 4.69) is 0 Å². The van der Waals surface area contributed by atoms with Crippen molar-refractivity contribution < 1.29 is 32.2 Å². The molecule has 0 spiro atoms. The van der Waals surface area contributed by atoms with Crippen molar-refractivity contribution in [1.29, 1.82) is 0 Å². The van der Waals surface area contributed by atoms with Gasteiger partial charge in [-0.2, -0.15) is 13.2 Å². The van der Waals surface area contributed by atoms with Crippen LogP contribution in [0, 0.1) is 0 Å². The zero-order valence-corrected chi connectivity index (χ0v) is 13.6. The van der Waals surface area contributed by atoms with Crippen LogP contribution in [-0.2, 0) is 20.9 Å². The van der Waals surface area contributed by atoms with Crippen LogP contribution in [0.1, 0.15) is 32.8 Å². The molecule has 0 saturated heterocycles. The quantitative estimate of drug-likeness (QED) is 0.827. The summed E-state index contributed by atoms with van der Waals surface area (Å²) in [6.45, 7) is 4.47. The summed E-state index contributed by atoms with van der Waals surface area (Å²) in [5, 5.41) is 1.91. The monoisotopic (exact) mass is 347 g/mol. The molecule has 0 unspecified atom stereocenters. The number of rotatable bonds is 5. The summed E-state index contributed by atoms with van der Waals surface area (Å²) >= 11 is 0. The Morgan fingerprint density at radius 1 is 1.12 bits per heavy atom. The molecule has 0 bridgehead atoms. The Hall–Kier alpha value is -2.25. The maximum atomic E-state index is 12.6. The number of hydrogen-bond donors (Lipinski definition) is 1. The minimum absolute atomic E-state index is 0.190. The van der Waals surface area contributed by atoms with Gasteiger partial charge >= 0.3 is 18.2 Å². The van der Waals surface area contributed by atoms with Crippen molar-refractivity contribution in [1.82, 2.24) is 5.32 Å². The lowest BCUT2D eigenvalue weighted by atomic mass is 10.2. The summed E-state index contributed by atoms with van der Waals surface area (Å²) in [7, 11) is 0. The zero-order chi connectivity index (χ0) is 18.4. The SMILES string of the molecule is CC(C)(C)OC(=O)N[C@@H](CC(F)(F)F)C(=O)OCc1ccccc1. The van der Waals surface area contributed by atoms with E-state index in [9.17, 15) is 22.8 Å². The molecule has 8 heteroatoms. The second kappa shape index (κ2) is 8.03. The standard InChI is InChI=1S/C16H20F3NO4/c1-15(2,3)24-14(22)20-12(9-16(17,18)19)13(21)23-10-11-7-5-4-6-8-11/h4-8,12H,9-10H2,1-3H3,(H,20,22)/t12-/m0/s1. The van der Waals surface area contributed by atoms with E-state index < -0.39 is 36.3 Å². The van der Waals surface area contributed by atoms with Crippen molar-refractivity contribution in [2.45, 2.75) is 51.6 Å². The second-order valence-electron chi connectivity index (χ2n) is 6.11. The number of nitrogens with one attached hydrogen (secondary N) is 1. The molecule has 1 N–H and O–H groups in total. The molecule has 0 aromatic heterocycles. The highest BCUT2D eigenvalue weighted by molar-refractivity contribution is 5.81. The molecule has 24 heavy (non-hydrogen) atoms. The highest BCUT2D eigenvalue weighted by atomic mass is 19.4. The highest BCUT2D eigenvalue weighted by Crippen LogP contribution is 2.22. The summed E-state index contributed by atoms with van der Waals surface area (Å²) in [5.41, 5.74) is -0.283. The fourth-order valence-corrected chi connectivity index (χ4v) is 1.70. The van der Waals surface area contributed by atoms with Crippen LogP contribution in [0.3, 0.4) is 0 Å². The molecule has 0 fully saturated rings. The minimum atomic E-state index is -4.65. The van der Waals surface area contributed by atoms with E-state index >= 15 is 0 Å². The summed E-state index contributed by atoms with van der Waals surface area (Å²) in [6.07, 6.45) is -7.31. The lowest BCUT2D eigenvalue weighted by Gasteiger charge is -2.23. The van der Waals surface area contributed by atoms with Gasteiger partial charge in [-0.15, -0.1) is 0 Å². The third-order valence-electron chi connectivity index (χ3n) is 2.63. The van der Waals surface area contributed by atoms with Gasteiger partial charge in [0.15, 0.2) is 0 Å². The number of hydrogen-bond acceptors (Lipinski definition) is 4. The highest BCUT2D eigenvalue weighted by Gasteiger charge is 2.38. The zero-order valence-electron chi connectivity index (χ0n) is 13.6. The number of carbonyl (C=O) groups is 2. The summed E-state index contributed by atoms with van der Waals surface area (Å²) in [6, 6.07) is 6.61. The maximum absolute atomic E-state index is 12.6. The molecule has 0 heterocycles. The van der Waals surface area contributed by atoms with Crippen LogP contribution in [0.15, 0.2) is 30.3 Å². The average molecular weight is 347 g/mol. The molecule has 1 atom stereocenters. The molecule has 1 rings (SSSR count). The van der Waals surface area contributed by atoms with Crippen LogP contribution >= 0.6 is 0 Å². The third kappa shape index (κ3) is 8.40. The third-order valence-corrected chi connectivity index (χ3v) is 2.63. The van der Waals surface area contributed by atoms with Gasteiger partial charge in [-0.25, -0.2) is 9.59 Å². The van der Waals surface area contributed by atoms with Gasteiger partial charge < -0.3 is 14.8 Å². The molecule has 5 nitrogen and oxygen atoms in total. The fourth-order valence-electron chi connectivity index (χ4n) is 1.70. The Bertz CT molecular complexity index is 553. The molecular weight excluding hydrogens is 327 g/mol. The second-order valence-corrected chi connectivity index (χ2v) is 6.11. The number of amides is 1. The molecule has 1 aromatic rings. The van der Waals surface area contributed by atoms with E-state index in [-0.39, 0.29) is 6.61 Å². The number of esters is 1. The van der Waals surface area contributed by atoms with Crippen molar-refractivity contribution in [2.24, 2.45) is 0 Å². The van der Waals surface area contributed by atoms with E-state index in [1.165, 1.54) is 0 Å². The van der Waals surface area contributed by atoms with Gasteiger partial charge in [0, 0.05) is 0 Å². The van der Waals surface area contributed by atoms with Crippen LogP contribution in [0.2, 0.25) is 0 Å². The normalized spacial score (nSPS) is 13.1. The number of ether oxygens (including phenoxy) is 2. The molecule has 0 radical (unpaired) electrons. The molecule has 1 aromatic carbocycles. The van der Waals surface area contributed by atoms with Crippen molar-refractivity contribution in [3.63, 3.8) is 0 Å².